The summed E-state index contributed by atoms with van der Waals surface area (Å²) in [7, 11) is 0. The van der Waals surface area contributed by atoms with Gasteiger partial charge in [0.1, 0.15) is 0 Å². The number of unbranched alkanes of at least 4 members (excludes halogenated alkanes) is 20. The normalized spacial score (nSPS) is 13.6. The van der Waals surface area contributed by atoms with Gasteiger partial charge in [-0.2, -0.15) is 0 Å². The van der Waals surface area contributed by atoms with Gasteiger partial charge in [-0.1, -0.05) is 165 Å². The van der Waals surface area contributed by atoms with Crippen molar-refractivity contribution in [1.29, 1.82) is 0 Å². The lowest BCUT2D eigenvalue weighted by Gasteiger charge is -2.19. The Morgan fingerprint density at radius 1 is 0.545 bits per heavy atom. The first-order valence-corrected chi connectivity index (χ1v) is 18.9. The maximum atomic E-state index is 12.3. The van der Waals surface area contributed by atoms with Crippen LogP contribution in [-0.2, 0) is 4.79 Å². The maximum absolute atomic E-state index is 12.3. The fourth-order valence-electron chi connectivity index (χ4n) is 5.33. The molecule has 0 saturated heterocycles. The van der Waals surface area contributed by atoms with Gasteiger partial charge in [0.15, 0.2) is 0 Å². The number of amides is 1. The molecule has 0 aliphatic heterocycles. The van der Waals surface area contributed by atoms with Crippen LogP contribution in [0.4, 0.5) is 0 Å². The largest absolute Gasteiger partial charge is 0.394 e. The fraction of sp³-hybridized carbons (Fsp3) is 0.775. The summed E-state index contributed by atoms with van der Waals surface area (Å²) in [5.74, 6) is -0.0906. The van der Waals surface area contributed by atoms with Crippen molar-refractivity contribution in [3.63, 3.8) is 0 Å². The second-order valence-corrected chi connectivity index (χ2v) is 12.6. The van der Waals surface area contributed by atoms with Gasteiger partial charge in [0.25, 0.3) is 0 Å². The Morgan fingerprint density at radius 3 is 1.52 bits per heavy atom. The molecule has 0 rings (SSSR count). The third-order valence-electron chi connectivity index (χ3n) is 8.28. The second-order valence-electron chi connectivity index (χ2n) is 12.6. The molecule has 0 aromatic carbocycles. The van der Waals surface area contributed by atoms with Gasteiger partial charge >= 0.3 is 0 Å². The van der Waals surface area contributed by atoms with E-state index >= 15 is 0 Å². The molecule has 2 unspecified atom stereocenters. The van der Waals surface area contributed by atoms with Crippen molar-refractivity contribution < 1.29 is 15.0 Å². The van der Waals surface area contributed by atoms with E-state index in [-0.39, 0.29) is 12.5 Å². The number of carbonyl (C=O) groups is 1. The highest BCUT2D eigenvalue weighted by Crippen LogP contribution is 2.13. The number of carbonyl (C=O) groups excluding carboxylic acids is 1. The molecule has 4 heteroatoms. The molecule has 0 radical (unpaired) electrons. The van der Waals surface area contributed by atoms with Crippen molar-refractivity contribution in [1.82, 2.24) is 5.32 Å². The zero-order chi connectivity index (χ0) is 32.2. The van der Waals surface area contributed by atoms with Gasteiger partial charge in [-0.3, -0.25) is 4.79 Å². The lowest BCUT2D eigenvalue weighted by Crippen LogP contribution is -2.45. The van der Waals surface area contributed by atoms with Crippen LogP contribution < -0.4 is 5.32 Å². The van der Waals surface area contributed by atoms with E-state index in [2.05, 4.69) is 55.6 Å². The molecule has 0 aliphatic rings. The molecule has 0 aromatic heterocycles. The zero-order valence-corrected chi connectivity index (χ0v) is 29.2. The van der Waals surface area contributed by atoms with Gasteiger partial charge in [-0.15, -0.1) is 0 Å². The van der Waals surface area contributed by atoms with Crippen molar-refractivity contribution in [3.8, 4) is 0 Å². The molecule has 256 valence electrons. The SMILES string of the molecule is CCCC/C=C\C/C=C\CCCCCCCC(=O)NC(CO)C(O)/C=C/CC/C=C/CCCCCCCCCCCCCC. The number of allylic oxidation sites excluding steroid dienone is 7. The van der Waals surface area contributed by atoms with E-state index < -0.39 is 12.1 Å². The van der Waals surface area contributed by atoms with Crippen LogP contribution in [0.5, 0.6) is 0 Å². The first-order chi connectivity index (χ1) is 21.7. The first kappa shape index (κ1) is 42.3. The quantitative estimate of drug-likeness (QED) is 0.0508. The molecule has 1 amide bonds. The predicted molar refractivity (Wildman–Crippen MR) is 193 cm³/mol. The highest BCUT2D eigenvalue weighted by Gasteiger charge is 2.17. The summed E-state index contributed by atoms with van der Waals surface area (Å²) in [5, 5.41) is 22.9. The van der Waals surface area contributed by atoms with Crippen molar-refractivity contribution in [3.05, 3.63) is 48.6 Å². The molecule has 44 heavy (non-hydrogen) atoms. The Balaban J connectivity index is 3.70. The standard InChI is InChI=1S/C40H73NO3/c1-3-5-7-9-11-13-15-17-19-20-21-22-23-25-27-29-31-33-35-39(43)38(37-42)41-40(44)36-34-32-30-28-26-24-18-16-14-12-10-8-6-4-2/h10,12,16,18,25,27,33,35,38-39,42-43H,3-9,11,13-15,17,19-24,26,28-32,34,36-37H2,1-2H3,(H,41,44)/b12-10-,18-16-,27-25+,35-33+. The molecule has 0 fully saturated rings. The third kappa shape index (κ3) is 31.8. The number of nitrogens with one attached hydrogen (secondary N) is 1. The smallest absolute Gasteiger partial charge is 0.220 e. The minimum absolute atomic E-state index is 0.0906. The van der Waals surface area contributed by atoms with Gasteiger partial charge < -0.3 is 15.5 Å². The van der Waals surface area contributed by atoms with E-state index in [0.29, 0.717) is 6.42 Å². The van der Waals surface area contributed by atoms with Crippen LogP contribution in [-0.4, -0.2) is 34.9 Å². The topological polar surface area (TPSA) is 69.6 Å². The second kappa shape index (κ2) is 35.8. The third-order valence-corrected chi connectivity index (χ3v) is 8.28. The molecular formula is C40H73NO3. The van der Waals surface area contributed by atoms with Crippen molar-refractivity contribution in [2.45, 2.75) is 193 Å². The van der Waals surface area contributed by atoms with E-state index in [1.165, 1.54) is 109 Å². The van der Waals surface area contributed by atoms with Crippen LogP contribution >= 0.6 is 0 Å². The van der Waals surface area contributed by atoms with E-state index in [4.69, 9.17) is 0 Å². The minimum Gasteiger partial charge on any atom is -0.394 e. The van der Waals surface area contributed by atoms with Gasteiger partial charge in [0.05, 0.1) is 18.8 Å². The van der Waals surface area contributed by atoms with Gasteiger partial charge in [0.2, 0.25) is 5.91 Å². The average molecular weight is 616 g/mol. The van der Waals surface area contributed by atoms with Crippen LogP contribution in [0.2, 0.25) is 0 Å². The van der Waals surface area contributed by atoms with E-state index in [1.807, 2.05) is 6.08 Å². The molecule has 4 nitrogen and oxygen atoms in total. The Bertz CT molecular complexity index is 711. The summed E-state index contributed by atoms with van der Waals surface area (Å²) < 4.78 is 0. The van der Waals surface area contributed by atoms with Crippen molar-refractivity contribution >= 4 is 5.91 Å². The van der Waals surface area contributed by atoms with Crippen LogP contribution in [0, 0.1) is 0 Å². The van der Waals surface area contributed by atoms with Gasteiger partial charge in [-0.25, -0.2) is 0 Å². The first-order valence-electron chi connectivity index (χ1n) is 18.9. The van der Waals surface area contributed by atoms with Gasteiger partial charge in [0, 0.05) is 6.42 Å². The van der Waals surface area contributed by atoms with Gasteiger partial charge in [-0.05, 0) is 57.8 Å². The molecule has 0 heterocycles. The highest BCUT2D eigenvalue weighted by molar-refractivity contribution is 5.76. The molecule has 0 spiro atoms. The highest BCUT2D eigenvalue weighted by atomic mass is 16.3. The van der Waals surface area contributed by atoms with E-state index in [1.54, 1.807) is 6.08 Å². The average Bonchev–Trinajstić information content (AvgIpc) is 3.03. The fourth-order valence-corrected chi connectivity index (χ4v) is 5.33. The number of hydrogen-bond donors (Lipinski definition) is 3. The zero-order valence-electron chi connectivity index (χ0n) is 29.2. The Labute approximate surface area is 274 Å². The Hall–Kier alpha value is -1.65. The molecular weight excluding hydrogens is 542 g/mol. The Kier molecular flexibility index (Phi) is 34.5. The molecule has 3 N–H and O–H groups in total. The summed E-state index contributed by atoms with van der Waals surface area (Å²) in [5.41, 5.74) is 0. The summed E-state index contributed by atoms with van der Waals surface area (Å²) >= 11 is 0. The summed E-state index contributed by atoms with van der Waals surface area (Å²) in [6.07, 6.45) is 47.7. The number of hydrogen-bond acceptors (Lipinski definition) is 3. The predicted octanol–water partition coefficient (Wildman–Crippen LogP) is 11.2. The molecule has 2 atom stereocenters. The van der Waals surface area contributed by atoms with Crippen LogP contribution in [0.15, 0.2) is 48.6 Å². The summed E-state index contributed by atoms with van der Waals surface area (Å²) in [6.45, 7) is 4.24. The van der Waals surface area contributed by atoms with E-state index in [9.17, 15) is 15.0 Å². The lowest BCUT2D eigenvalue weighted by molar-refractivity contribution is -0.123. The number of rotatable bonds is 33. The minimum atomic E-state index is -0.867. The van der Waals surface area contributed by atoms with Crippen LogP contribution in [0.3, 0.4) is 0 Å². The molecule has 0 bridgehead atoms. The molecule has 0 aliphatic carbocycles. The monoisotopic (exact) mass is 616 g/mol. The number of aliphatic hydroxyl groups is 2. The van der Waals surface area contributed by atoms with Crippen molar-refractivity contribution in [2.24, 2.45) is 0 Å². The maximum Gasteiger partial charge on any atom is 0.220 e. The summed E-state index contributed by atoms with van der Waals surface area (Å²) in [6, 6.07) is -0.645. The molecule has 0 aromatic rings. The lowest BCUT2D eigenvalue weighted by atomic mass is 10.0. The van der Waals surface area contributed by atoms with E-state index in [0.717, 1.165) is 51.4 Å². The number of aliphatic hydroxyl groups excluding tert-OH is 2. The summed E-state index contributed by atoms with van der Waals surface area (Å²) in [4.78, 5) is 12.3. The van der Waals surface area contributed by atoms with Crippen molar-refractivity contribution in [2.75, 3.05) is 6.61 Å². The van der Waals surface area contributed by atoms with Crippen LogP contribution in [0.1, 0.15) is 181 Å². The molecule has 0 saturated carbocycles. The van der Waals surface area contributed by atoms with Crippen LogP contribution in [0.25, 0.3) is 0 Å². The Morgan fingerprint density at radius 2 is 0.977 bits per heavy atom.